The van der Waals surface area contributed by atoms with Crippen LogP contribution in [-0.4, -0.2) is 38.2 Å². The molecule has 1 saturated heterocycles. The Bertz CT molecular complexity index is 712. The van der Waals surface area contributed by atoms with Gasteiger partial charge in [0.25, 0.3) is 0 Å². The fourth-order valence-electron chi connectivity index (χ4n) is 3.29. The zero-order valence-corrected chi connectivity index (χ0v) is 13.2. The molecule has 3 N–H and O–H groups in total. The molecule has 0 atom stereocenters. The van der Waals surface area contributed by atoms with Crippen LogP contribution in [0, 0.1) is 13.8 Å². The molecule has 2 aromatic rings. The lowest BCUT2D eigenvalue weighted by Crippen LogP contribution is -3.26. The smallest absolute Gasteiger partial charge is 0.198 e. The van der Waals surface area contributed by atoms with Crippen LogP contribution in [0.5, 0.6) is 0 Å². The summed E-state index contributed by atoms with van der Waals surface area (Å²) in [7, 11) is 2.24. The number of nitrogens with one attached hydrogen (secondary N) is 3. The monoisotopic (exact) mass is 287 g/mol. The number of benzene rings is 1. The first kappa shape index (κ1) is 14.3. The number of piperazine rings is 1. The lowest BCUT2D eigenvalue weighted by atomic mass is 10.1. The lowest BCUT2D eigenvalue weighted by Gasteiger charge is -2.27. The molecule has 3 rings (SSSR count). The molecule has 0 radical (unpaired) electrons. The Morgan fingerprint density at radius 2 is 1.86 bits per heavy atom. The van der Waals surface area contributed by atoms with Crippen molar-refractivity contribution >= 4 is 10.9 Å². The van der Waals surface area contributed by atoms with Crippen molar-refractivity contribution in [1.82, 2.24) is 4.98 Å². The molecule has 1 aromatic heterocycles. The van der Waals surface area contributed by atoms with Gasteiger partial charge < -0.3 is 14.8 Å². The number of hydrogen-bond donors (Lipinski definition) is 3. The number of likely N-dealkylation sites (N-methyl/N-ethyl adjacent to an activating group) is 1. The molecule has 0 aliphatic carbocycles. The third-order valence-electron chi connectivity index (χ3n) is 4.79. The number of para-hydroxylation sites is 1. The van der Waals surface area contributed by atoms with E-state index in [0.717, 1.165) is 47.4 Å². The van der Waals surface area contributed by atoms with Gasteiger partial charge in [0.05, 0.1) is 18.1 Å². The van der Waals surface area contributed by atoms with E-state index in [1.807, 2.05) is 32.0 Å². The number of H-pyrrole nitrogens is 1. The summed E-state index contributed by atoms with van der Waals surface area (Å²) < 4.78 is 0. The first-order valence-corrected chi connectivity index (χ1v) is 7.82. The minimum atomic E-state index is 0.212. The normalized spacial score (nSPS) is 22.6. The van der Waals surface area contributed by atoms with E-state index in [1.165, 1.54) is 18.0 Å². The summed E-state index contributed by atoms with van der Waals surface area (Å²) in [5.41, 5.74) is 4.32. The molecule has 4 heteroatoms. The molecule has 21 heavy (non-hydrogen) atoms. The number of hydrogen-bond acceptors (Lipinski definition) is 1. The van der Waals surface area contributed by atoms with Crippen LogP contribution >= 0.6 is 0 Å². The average Bonchev–Trinajstić information content (AvgIpc) is 2.47. The molecular weight excluding hydrogens is 262 g/mol. The molecule has 1 fully saturated rings. The fraction of sp³-hybridized carbons (Fsp3) is 0.471. The molecule has 0 amide bonds. The molecule has 1 aromatic carbocycles. The van der Waals surface area contributed by atoms with E-state index in [2.05, 4.69) is 12.0 Å². The molecule has 1 aliphatic rings. The van der Waals surface area contributed by atoms with Gasteiger partial charge in [0.15, 0.2) is 5.43 Å². The Balaban J connectivity index is 1.97. The van der Waals surface area contributed by atoms with Gasteiger partial charge >= 0.3 is 0 Å². The molecule has 0 saturated carbocycles. The van der Waals surface area contributed by atoms with Gasteiger partial charge in [-0.3, -0.25) is 4.79 Å². The van der Waals surface area contributed by atoms with Crippen molar-refractivity contribution < 1.29 is 9.80 Å². The maximum Gasteiger partial charge on any atom is 0.198 e. The Labute approximate surface area is 125 Å². The van der Waals surface area contributed by atoms with Gasteiger partial charge in [-0.05, 0) is 25.5 Å². The maximum atomic E-state index is 12.8. The molecule has 2 heterocycles. The fourth-order valence-corrected chi connectivity index (χ4v) is 3.29. The lowest BCUT2D eigenvalue weighted by molar-refractivity contribution is -1.01. The Kier molecular flexibility index (Phi) is 3.83. The number of rotatable bonds is 2. The summed E-state index contributed by atoms with van der Waals surface area (Å²) in [6.45, 7) is 9.61. The third kappa shape index (κ3) is 2.74. The van der Waals surface area contributed by atoms with Crippen LogP contribution in [0.2, 0.25) is 0 Å². The standard InChI is InChI=1S/C17H23N3O/c1-12-5-4-6-14-16(12)18-13(2)15(17(14)21)11-20-9-7-19(3)8-10-20/h4-6H,7-11H2,1-3H3,(H,18,21)/p+2. The van der Waals surface area contributed by atoms with Crippen LogP contribution in [0.3, 0.4) is 0 Å². The van der Waals surface area contributed by atoms with Crippen LogP contribution in [0.25, 0.3) is 10.9 Å². The molecule has 112 valence electrons. The van der Waals surface area contributed by atoms with E-state index in [9.17, 15) is 4.79 Å². The summed E-state index contributed by atoms with van der Waals surface area (Å²) in [5.74, 6) is 0. The Morgan fingerprint density at radius 1 is 1.14 bits per heavy atom. The highest BCUT2D eigenvalue weighted by Gasteiger charge is 2.22. The molecular formula is C17H25N3O+2. The van der Waals surface area contributed by atoms with Crippen molar-refractivity contribution in [3.63, 3.8) is 0 Å². The summed E-state index contributed by atoms with van der Waals surface area (Å²) in [6, 6.07) is 5.96. The van der Waals surface area contributed by atoms with Gasteiger partial charge in [0, 0.05) is 11.1 Å². The quantitative estimate of drug-likeness (QED) is 0.656. The maximum absolute atomic E-state index is 12.8. The van der Waals surface area contributed by atoms with Gasteiger partial charge in [-0.2, -0.15) is 0 Å². The second kappa shape index (κ2) is 5.62. The number of aromatic nitrogens is 1. The van der Waals surface area contributed by atoms with Crippen molar-refractivity contribution in [2.45, 2.75) is 20.4 Å². The van der Waals surface area contributed by atoms with Gasteiger partial charge in [-0.1, -0.05) is 12.1 Å². The van der Waals surface area contributed by atoms with Crippen molar-refractivity contribution in [1.29, 1.82) is 0 Å². The first-order valence-electron chi connectivity index (χ1n) is 7.82. The van der Waals surface area contributed by atoms with Crippen LogP contribution < -0.4 is 15.2 Å². The van der Waals surface area contributed by atoms with E-state index in [1.54, 1.807) is 4.90 Å². The molecule has 0 bridgehead atoms. The largest absolute Gasteiger partial charge is 0.358 e. The molecule has 0 unspecified atom stereocenters. The average molecular weight is 287 g/mol. The summed E-state index contributed by atoms with van der Waals surface area (Å²) in [4.78, 5) is 19.4. The highest BCUT2D eigenvalue weighted by molar-refractivity contribution is 5.82. The number of aryl methyl sites for hydroxylation is 2. The summed E-state index contributed by atoms with van der Waals surface area (Å²) in [5, 5.41) is 0.828. The van der Waals surface area contributed by atoms with E-state index >= 15 is 0 Å². The second-order valence-corrected chi connectivity index (χ2v) is 6.44. The third-order valence-corrected chi connectivity index (χ3v) is 4.79. The number of pyridine rings is 1. The summed E-state index contributed by atoms with van der Waals surface area (Å²) in [6.07, 6.45) is 0. The van der Waals surface area contributed by atoms with Crippen LogP contribution in [0.15, 0.2) is 23.0 Å². The highest BCUT2D eigenvalue weighted by atomic mass is 16.1. The molecule has 4 nitrogen and oxygen atoms in total. The van der Waals surface area contributed by atoms with Crippen molar-refractivity contribution in [2.75, 3.05) is 33.2 Å². The molecule has 1 aliphatic heterocycles. The minimum Gasteiger partial charge on any atom is -0.358 e. The number of aromatic amines is 1. The Morgan fingerprint density at radius 3 is 2.57 bits per heavy atom. The molecule has 0 spiro atoms. The van der Waals surface area contributed by atoms with Crippen molar-refractivity contribution in [2.24, 2.45) is 0 Å². The topological polar surface area (TPSA) is 41.7 Å². The number of quaternary nitrogens is 2. The van der Waals surface area contributed by atoms with E-state index < -0.39 is 0 Å². The van der Waals surface area contributed by atoms with E-state index in [-0.39, 0.29) is 5.43 Å². The van der Waals surface area contributed by atoms with Crippen LogP contribution in [-0.2, 0) is 6.54 Å². The zero-order valence-electron chi connectivity index (χ0n) is 13.2. The van der Waals surface area contributed by atoms with Gasteiger partial charge in [-0.15, -0.1) is 0 Å². The van der Waals surface area contributed by atoms with Gasteiger partial charge in [0.2, 0.25) is 0 Å². The van der Waals surface area contributed by atoms with Crippen molar-refractivity contribution in [3.8, 4) is 0 Å². The van der Waals surface area contributed by atoms with Crippen LogP contribution in [0.1, 0.15) is 16.8 Å². The Hall–Kier alpha value is -1.65. The highest BCUT2D eigenvalue weighted by Crippen LogP contribution is 2.14. The van der Waals surface area contributed by atoms with Gasteiger partial charge in [-0.25, -0.2) is 0 Å². The zero-order chi connectivity index (χ0) is 15.0. The van der Waals surface area contributed by atoms with E-state index in [4.69, 9.17) is 0 Å². The second-order valence-electron chi connectivity index (χ2n) is 6.44. The van der Waals surface area contributed by atoms with E-state index in [0.29, 0.717) is 0 Å². The summed E-state index contributed by atoms with van der Waals surface area (Å²) >= 11 is 0. The van der Waals surface area contributed by atoms with Crippen LogP contribution in [0.4, 0.5) is 0 Å². The predicted octanol–water partition coefficient (Wildman–Crippen LogP) is -0.942. The van der Waals surface area contributed by atoms with Crippen molar-refractivity contribution in [3.05, 3.63) is 45.2 Å². The number of fused-ring (bicyclic) bond motifs is 1. The minimum absolute atomic E-state index is 0.212. The van der Waals surface area contributed by atoms with Gasteiger partial charge in [0.1, 0.15) is 32.7 Å². The predicted molar refractivity (Wildman–Crippen MR) is 85.1 cm³/mol. The first-order chi connectivity index (χ1) is 10.1. The SMILES string of the molecule is Cc1[nH]c2c(C)cccc2c(=O)c1C[NH+]1CC[NH+](C)CC1.